The Balaban J connectivity index is 4.62. The molecule has 0 N–H and O–H groups in total. The Morgan fingerprint density at radius 2 is 1.72 bits per heavy atom. The van der Waals surface area contributed by atoms with Gasteiger partial charge in [0.25, 0.3) is 0 Å². The Morgan fingerprint density at radius 1 is 1.17 bits per heavy atom. The zero-order valence-corrected chi connectivity index (χ0v) is 15.4. The maximum Gasteiger partial charge on any atom is 0.0180 e. The second kappa shape index (κ2) is 10.6. The second-order valence-corrected chi connectivity index (χ2v) is 7.04. The minimum Gasteiger partial charge on any atom is -0.302 e. The number of thioether (sulfide) groups is 1. The first kappa shape index (κ1) is 18.8. The van der Waals surface area contributed by atoms with Gasteiger partial charge >= 0.3 is 0 Å². The third-order valence-electron chi connectivity index (χ3n) is 3.88. The topological polar surface area (TPSA) is 3.24 Å². The fraction of sp³-hybridized carbons (Fsp3) is 1.00. The van der Waals surface area contributed by atoms with Crippen molar-refractivity contribution in [3.63, 3.8) is 0 Å². The van der Waals surface area contributed by atoms with E-state index in [1.54, 1.807) is 0 Å². The quantitative estimate of drug-likeness (QED) is 0.486. The van der Waals surface area contributed by atoms with Gasteiger partial charge in [0.05, 0.1) is 0 Å². The summed E-state index contributed by atoms with van der Waals surface area (Å²) in [5.74, 6) is 1.25. The maximum atomic E-state index is 3.78. The molecule has 0 aliphatic heterocycles. The van der Waals surface area contributed by atoms with Crippen LogP contribution in [0.4, 0.5) is 0 Å². The van der Waals surface area contributed by atoms with Gasteiger partial charge in [0, 0.05) is 23.7 Å². The molecule has 18 heavy (non-hydrogen) atoms. The van der Waals surface area contributed by atoms with Gasteiger partial charge in [0.15, 0.2) is 0 Å². The zero-order chi connectivity index (χ0) is 14.0. The molecule has 1 nitrogen and oxygen atoms in total. The Morgan fingerprint density at radius 3 is 2.06 bits per heavy atom. The van der Waals surface area contributed by atoms with Crippen LogP contribution in [0, 0.1) is 5.41 Å². The first-order chi connectivity index (χ1) is 8.59. The van der Waals surface area contributed by atoms with Crippen molar-refractivity contribution in [3.8, 4) is 0 Å². The number of hydrogen-bond donors (Lipinski definition) is 0. The molecule has 0 bridgehead atoms. The van der Waals surface area contributed by atoms with Gasteiger partial charge in [-0.25, -0.2) is 0 Å². The molecule has 0 saturated carbocycles. The van der Waals surface area contributed by atoms with E-state index in [-0.39, 0.29) is 0 Å². The van der Waals surface area contributed by atoms with E-state index in [2.05, 4.69) is 54.9 Å². The molecule has 0 aromatic heterocycles. The molecular weight excluding hydrogens is 306 g/mol. The molecule has 0 radical (unpaired) electrons. The summed E-state index contributed by atoms with van der Waals surface area (Å²) < 4.78 is 0. The summed E-state index contributed by atoms with van der Waals surface area (Å²) in [7, 11) is 2.31. The van der Waals surface area contributed by atoms with Crippen LogP contribution in [0.5, 0.6) is 0 Å². The summed E-state index contributed by atoms with van der Waals surface area (Å²) >= 11 is 5.75. The third kappa shape index (κ3) is 6.29. The highest BCUT2D eigenvalue weighted by molar-refractivity contribution is 9.09. The van der Waals surface area contributed by atoms with Gasteiger partial charge < -0.3 is 4.90 Å². The third-order valence-corrected chi connectivity index (χ3v) is 5.79. The number of nitrogens with zero attached hydrogens (tertiary/aromatic N) is 1. The maximum absolute atomic E-state index is 3.78. The minimum atomic E-state index is 0.476. The smallest absolute Gasteiger partial charge is 0.0180 e. The lowest BCUT2D eigenvalue weighted by Gasteiger charge is -2.39. The molecule has 3 heteroatoms. The van der Waals surface area contributed by atoms with Crippen molar-refractivity contribution in [2.45, 2.75) is 58.9 Å². The molecule has 0 aliphatic rings. The zero-order valence-electron chi connectivity index (χ0n) is 13.0. The molecule has 0 heterocycles. The number of alkyl halides is 1. The predicted molar refractivity (Wildman–Crippen MR) is 91.1 cm³/mol. The van der Waals surface area contributed by atoms with Gasteiger partial charge in [0.1, 0.15) is 0 Å². The van der Waals surface area contributed by atoms with E-state index >= 15 is 0 Å². The van der Waals surface area contributed by atoms with E-state index in [0.29, 0.717) is 5.41 Å². The number of hydrogen-bond acceptors (Lipinski definition) is 2. The van der Waals surface area contributed by atoms with Crippen LogP contribution in [0.25, 0.3) is 0 Å². The number of rotatable bonds is 11. The van der Waals surface area contributed by atoms with Crippen molar-refractivity contribution >= 4 is 27.7 Å². The van der Waals surface area contributed by atoms with E-state index in [0.717, 1.165) is 11.4 Å². The van der Waals surface area contributed by atoms with Crippen molar-refractivity contribution in [2.24, 2.45) is 5.41 Å². The van der Waals surface area contributed by atoms with Crippen molar-refractivity contribution in [3.05, 3.63) is 0 Å². The van der Waals surface area contributed by atoms with Gasteiger partial charge in [-0.15, -0.1) is 0 Å². The highest BCUT2D eigenvalue weighted by Gasteiger charge is 2.30. The summed E-state index contributed by atoms with van der Waals surface area (Å²) in [6.45, 7) is 8.17. The van der Waals surface area contributed by atoms with E-state index in [1.807, 2.05) is 11.8 Å². The molecule has 0 spiro atoms. The minimum absolute atomic E-state index is 0.476. The molecule has 1 atom stereocenters. The lowest BCUT2D eigenvalue weighted by Crippen LogP contribution is -2.43. The molecule has 0 saturated heterocycles. The Labute approximate surface area is 128 Å². The molecule has 0 amide bonds. The fourth-order valence-electron chi connectivity index (χ4n) is 2.93. The lowest BCUT2D eigenvalue weighted by atomic mass is 9.80. The summed E-state index contributed by atoms with van der Waals surface area (Å²) in [6.07, 6.45) is 8.73. The molecule has 1 unspecified atom stereocenters. The largest absolute Gasteiger partial charge is 0.302 e. The molecule has 0 aromatic carbocycles. The second-order valence-electron chi connectivity index (χ2n) is 5.57. The normalized spacial score (nSPS) is 14.2. The van der Waals surface area contributed by atoms with Crippen molar-refractivity contribution in [2.75, 3.05) is 30.9 Å². The Hall–Kier alpha value is 0.790. The Bertz CT molecular complexity index is 193. The Kier molecular flexibility index (Phi) is 11.0. The van der Waals surface area contributed by atoms with E-state index < -0.39 is 0 Å². The van der Waals surface area contributed by atoms with Crippen LogP contribution in [-0.2, 0) is 0 Å². The van der Waals surface area contributed by atoms with Gasteiger partial charge in [-0.1, -0.05) is 49.5 Å². The first-order valence-electron chi connectivity index (χ1n) is 7.34. The summed E-state index contributed by atoms with van der Waals surface area (Å²) in [4.78, 5) is 2.60. The van der Waals surface area contributed by atoms with Crippen LogP contribution in [0.1, 0.15) is 52.9 Å². The average Bonchev–Trinajstić information content (AvgIpc) is 2.36. The van der Waals surface area contributed by atoms with Crippen LogP contribution >= 0.6 is 27.7 Å². The number of halogens is 1. The highest BCUT2D eigenvalue weighted by atomic mass is 79.9. The molecule has 0 rings (SSSR count). The van der Waals surface area contributed by atoms with Gasteiger partial charge in [0.2, 0.25) is 0 Å². The van der Waals surface area contributed by atoms with Crippen LogP contribution in [0.15, 0.2) is 0 Å². The van der Waals surface area contributed by atoms with Gasteiger partial charge in [-0.3, -0.25) is 0 Å². The fourth-order valence-corrected chi connectivity index (χ4v) is 4.54. The molecule has 0 aromatic rings. The van der Waals surface area contributed by atoms with E-state index in [1.165, 1.54) is 44.4 Å². The molecular formula is C15H32BrNS. The first-order valence-corrected chi connectivity index (χ1v) is 9.85. The summed E-state index contributed by atoms with van der Waals surface area (Å²) in [5.41, 5.74) is 0.476. The van der Waals surface area contributed by atoms with E-state index in [4.69, 9.17) is 0 Å². The van der Waals surface area contributed by atoms with Gasteiger partial charge in [-0.2, -0.15) is 11.8 Å². The molecule has 0 fully saturated rings. The molecule has 110 valence electrons. The SMILES string of the molecule is CCCC(CBr)(CCC)CN(C)C(CC)CSC. The van der Waals surface area contributed by atoms with Gasteiger partial charge in [-0.05, 0) is 38.0 Å². The van der Waals surface area contributed by atoms with Crippen LogP contribution in [-0.4, -0.2) is 41.9 Å². The highest BCUT2D eigenvalue weighted by Crippen LogP contribution is 2.33. The molecule has 0 aliphatic carbocycles. The van der Waals surface area contributed by atoms with Crippen LogP contribution in [0.3, 0.4) is 0 Å². The monoisotopic (exact) mass is 337 g/mol. The van der Waals surface area contributed by atoms with Crippen LogP contribution in [0.2, 0.25) is 0 Å². The predicted octanol–water partition coefficient (Wildman–Crippen LogP) is 5.04. The average molecular weight is 338 g/mol. The van der Waals surface area contributed by atoms with Crippen LogP contribution < -0.4 is 0 Å². The van der Waals surface area contributed by atoms with Crippen molar-refractivity contribution in [1.29, 1.82) is 0 Å². The summed E-state index contributed by atoms with van der Waals surface area (Å²) in [5, 5.41) is 1.14. The van der Waals surface area contributed by atoms with Crippen molar-refractivity contribution in [1.82, 2.24) is 4.90 Å². The summed E-state index contributed by atoms with van der Waals surface area (Å²) in [6, 6.07) is 0.729. The van der Waals surface area contributed by atoms with Crippen molar-refractivity contribution < 1.29 is 0 Å². The lowest BCUT2D eigenvalue weighted by molar-refractivity contribution is 0.139. The standard InChI is InChI=1S/C15H32BrNS/c1-6-9-15(12-16,10-7-2)13-17(4)14(8-3)11-18-5/h14H,6-13H2,1-5H3. The van der Waals surface area contributed by atoms with E-state index in [9.17, 15) is 0 Å².